The van der Waals surface area contributed by atoms with Gasteiger partial charge in [0.2, 0.25) is 0 Å². The number of nitrogens with zero attached hydrogens (tertiary/aromatic N) is 1. The second-order valence-corrected chi connectivity index (χ2v) is 8.72. The van der Waals surface area contributed by atoms with Gasteiger partial charge < -0.3 is 14.4 Å². The Morgan fingerprint density at radius 1 is 1.12 bits per heavy atom. The Morgan fingerprint density at radius 2 is 1.88 bits per heavy atom. The van der Waals surface area contributed by atoms with Crippen molar-refractivity contribution < 1.29 is 23.4 Å². The smallest absolute Gasteiger partial charge is 0.341 e. The average Bonchev–Trinajstić information content (AvgIpc) is 2.78. The number of carboxylic acid groups (broad SMARTS) is 1. The zero-order valence-corrected chi connectivity index (χ0v) is 18.6. The molecule has 1 aliphatic carbocycles. The molecule has 3 aromatic carbocycles. The van der Waals surface area contributed by atoms with E-state index in [0.29, 0.717) is 29.3 Å². The molecule has 0 aromatic heterocycles. The van der Waals surface area contributed by atoms with E-state index in [1.807, 2.05) is 42.5 Å². The maximum Gasteiger partial charge on any atom is 0.341 e. The first kappa shape index (κ1) is 22.3. The van der Waals surface area contributed by atoms with Crippen LogP contribution in [0.1, 0.15) is 30.0 Å². The van der Waals surface area contributed by atoms with Crippen molar-refractivity contribution >= 4 is 34.5 Å². The van der Waals surface area contributed by atoms with Gasteiger partial charge in [-0.1, -0.05) is 54.1 Å². The molecule has 0 saturated carbocycles. The second kappa shape index (κ2) is 9.73. The van der Waals surface area contributed by atoms with Crippen LogP contribution >= 0.6 is 11.6 Å². The summed E-state index contributed by atoms with van der Waals surface area (Å²) in [5, 5.41) is 9.56. The van der Waals surface area contributed by atoms with E-state index in [1.54, 1.807) is 24.3 Å². The van der Waals surface area contributed by atoms with Crippen LogP contribution in [-0.2, 0) is 22.5 Å². The molecule has 6 nitrogen and oxygen atoms in total. The molecule has 0 spiro atoms. The zero-order valence-electron chi connectivity index (χ0n) is 17.1. The molecule has 0 bridgehead atoms. The van der Waals surface area contributed by atoms with E-state index < -0.39 is 29.9 Å². The van der Waals surface area contributed by atoms with Crippen LogP contribution in [0.4, 0.5) is 5.69 Å². The monoisotopic (exact) mass is 470 g/mol. The molecule has 0 amide bonds. The summed E-state index contributed by atoms with van der Waals surface area (Å²) in [4.78, 5) is 10.9. The van der Waals surface area contributed by atoms with Gasteiger partial charge in [-0.25, -0.2) is 4.79 Å². The van der Waals surface area contributed by atoms with E-state index in [4.69, 9.17) is 21.4 Å². The number of carbonyl (C=O) groups is 1. The van der Waals surface area contributed by atoms with E-state index in [9.17, 15) is 13.6 Å². The van der Waals surface area contributed by atoms with Gasteiger partial charge in [0.15, 0.2) is 6.61 Å². The molecule has 2 atom stereocenters. The maximum atomic E-state index is 12.3. The summed E-state index contributed by atoms with van der Waals surface area (Å²) in [6.07, 6.45) is 2.11. The highest BCUT2D eigenvalue weighted by Gasteiger charge is 2.29. The molecular weight excluding hydrogens is 450 g/mol. The summed E-state index contributed by atoms with van der Waals surface area (Å²) >= 11 is 3.78. The fourth-order valence-electron chi connectivity index (χ4n) is 4.16. The predicted octanol–water partition coefficient (Wildman–Crippen LogP) is 5.15. The Balaban J connectivity index is 1.68. The Labute approximate surface area is 193 Å². The highest BCUT2D eigenvalue weighted by molar-refractivity contribution is 7.80. The van der Waals surface area contributed by atoms with Crippen LogP contribution in [-0.4, -0.2) is 26.4 Å². The van der Waals surface area contributed by atoms with Gasteiger partial charge in [0.05, 0.1) is 6.04 Å². The van der Waals surface area contributed by atoms with Crippen LogP contribution in [0.3, 0.4) is 0 Å². The first-order valence-electron chi connectivity index (χ1n) is 10.2. The van der Waals surface area contributed by atoms with Crippen molar-refractivity contribution in [1.82, 2.24) is 0 Å². The molecule has 8 heteroatoms. The van der Waals surface area contributed by atoms with Crippen LogP contribution in [0, 0.1) is 0 Å². The summed E-state index contributed by atoms with van der Waals surface area (Å²) in [5.74, 6) is -0.573. The number of rotatable bonds is 7. The summed E-state index contributed by atoms with van der Waals surface area (Å²) in [7, 11) is 0. The highest BCUT2D eigenvalue weighted by atomic mass is 35.5. The molecule has 1 aliphatic rings. The topological polar surface area (TPSA) is 89.9 Å². The van der Waals surface area contributed by atoms with Gasteiger partial charge >= 0.3 is 5.97 Å². The van der Waals surface area contributed by atoms with Crippen molar-refractivity contribution in [2.24, 2.45) is 0 Å². The molecule has 4 rings (SSSR count). The number of anilines is 1. The largest absolute Gasteiger partial charge is 0.755 e. The lowest BCUT2D eigenvalue weighted by molar-refractivity contribution is -0.139. The Bertz CT molecular complexity index is 1150. The minimum Gasteiger partial charge on any atom is -0.755 e. The summed E-state index contributed by atoms with van der Waals surface area (Å²) in [5.41, 5.74) is 4.00. The second-order valence-electron chi connectivity index (χ2n) is 7.48. The third kappa shape index (κ3) is 4.65. The predicted molar refractivity (Wildman–Crippen MR) is 124 cm³/mol. The van der Waals surface area contributed by atoms with Gasteiger partial charge in [-0.2, -0.15) is 0 Å². The van der Waals surface area contributed by atoms with Crippen molar-refractivity contribution in [2.45, 2.75) is 25.3 Å². The third-order valence-corrected chi connectivity index (χ3v) is 6.65. The Hall–Kier alpha value is -2.87. The zero-order chi connectivity index (χ0) is 22.7. The number of fused-ring (bicyclic) bond motifs is 1. The van der Waals surface area contributed by atoms with Crippen LogP contribution in [0.5, 0.6) is 5.75 Å². The average molecular weight is 471 g/mol. The van der Waals surface area contributed by atoms with Crippen molar-refractivity contribution in [3.63, 3.8) is 0 Å². The van der Waals surface area contributed by atoms with E-state index in [-0.39, 0.29) is 0 Å². The van der Waals surface area contributed by atoms with Crippen LogP contribution in [0.25, 0.3) is 11.1 Å². The number of carboxylic acids is 1. The SMILES string of the molecule is O=C(O)COc1cccc2c1CCCC2N(c1ccc(-c2ccccc2Cl)cc1)S(=O)[O-]. The maximum absolute atomic E-state index is 12.3. The fraction of sp³-hybridized carbons (Fsp3) is 0.208. The van der Waals surface area contributed by atoms with E-state index in [2.05, 4.69) is 0 Å². The lowest BCUT2D eigenvalue weighted by Crippen LogP contribution is -2.33. The van der Waals surface area contributed by atoms with Crippen LogP contribution < -0.4 is 9.04 Å². The quantitative estimate of drug-likeness (QED) is 0.482. The third-order valence-electron chi connectivity index (χ3n) is 5.53. The van der Waals surface area contributed by atoms with Gasteiger partial charge in [-0.15, -0.1) is 0 Å². The molecule has 3 aromatic rings. The number of halogens is 1. The first-order valence-corrected chi connectivity index (χ1v) is 11.6. The van der Waals surface area contributed by atoms with Gasteiger partial charge in [-0.05, 0) is 60.2 Å². The molecule has 2 unspecified atom stereocenters. The van der Waals surface area contributed by atoms with Crippen molar-refractivity contribution in [3.8, 4) is 16.9 Å². The van der Waals surface area contributed by atoms with Gasteiger partial charge in [0.25, 0.3) is 0 Å². The Morgan fingerprint density at radius 3 is 2.56 bits per heavy atom. The molecule has 166 valence electrons. The fourth-order valence-corrected chi connectivity index (χ4v) is 5.13. The lowest BCUT2D eigenvalue weighted by atomic mass is 9.87. The number of aliphatic carboxylic acids is 1. The highest BCUT2D eigenvalue weighted by Crippen LogP contribution is 2.41. The number of benzene rings is 3. The van der Waals surface area contributed by atoms with Crippen molar-refractivity contribution in [2.75, 3.05) is 10.9 Å². The number of ether oxygens (including phenoxy) is 1. The van der Waals surface area contributed by atoms with E-state index >= 15 is 0 Å². The lowest BCUT2D eigenvalue weighted by Gasteiger charge is -2.38. The van der Waals surface area contributed by atoms with Crippen molar-refractivity contribution in [3.05, 3.63) is 82.9 Å². The standard InChI is InChI=1S/C24H22ClNO5S/c25-21-8-2-1-5-18(21)16-11-13-17(14-12-16)26(32(29)30)22-9-3-7-20-19(22)6-4-10-23(20)31-15-24(27)28/h1-2,4-6,8,10-14,22H,3,7,9,15H2,(H,27,28)(H,29,30)/p-1. The van der Waals surface area contributed by atoms with Crippen LogP contribution in [0.15, 0.2) is 66.7 Å². The van der Waals surface area contributed by atoms with Crippen LogP contribution in [0.2, 0.25) is 5.02 Å². The van der Waals surface area contributed by atoms with Gasteiger partial charge in [0.1, 0.15) is 5.75 Å². The van der Waals surface area contributed by atoms with E-state index in [1.165, 1.54) is 4.31 Å². The van der Waals surface area contributed by atoms with E-state index in [0.717, 1.165) is 28.7 Å². The number of hydrogen-bond donors (Lipinski definition) is 1. The molecule has 0 saturated heterocycles. The summed E-state index contributed by atoms with van der Waals surface area (Å²) < 4.78 is 31.4. The molecular formula is C24H21ClNO5S-. The van der Waals surface area contributed by atoms with Gasteiger partial charge in [0, 0.05) is 27.5 Å². The van der Waals surface area contributed by atoms with Gasteiger partial charge in [-0.3, -0.25) is 8.51 Å². The normalized spacial score (nSPS) is 16.1. The summed E-state index contributed by atoms with van der Waals surface area (Å²) in [6.45, 7) is -0.443. The molecule has 1 N–H and O–H groups in total. The summed E-state index contributed by atoms with van der Waals surface area (Å²) in [6, 6.07) is 19.7. The Kier molecular flexibility index (Phi) is 6.79. The minimum atomic E-state index is -2.51. The molecule has 0 radical (unpaired) electrons. The minimum absolute atomic E-state index is 0.406. The molecule has 0 aliphatic heterocycles. The molecule has 0 heterocycles. The number of hydrogen-bond acceptors (Lipinski definition) is 4. The molecule has 32 heavy (non-hydrogen) atoms. The first-order chi connectivity index (χ1) is 15.5. The van der Waals surface area contributed by atoms with Crippen molar-refractivity contribution in [1.29, 1.82) is 0 Å². The molecule has 0 fully saturated rings.